The smallest absolute Gasteiger partial charge is 0.229 e. The van der Waals surface area contributed by atoms with E-state index in [1.807, 2.05) is 12.1 Å². The molecule has 1 aromatic rings. The van der Waals surface area contributed by atoms with Crippen LogP contribution in [0.5, 0.6) is 0 Å². The van der Waals surface area contributed by atoms with Gasteiger partial charge in [0.2, 0.25) is 10.0 Å². The fourth-order valence-electron chi connectivity index (χ4n) is 1.27. The summed E-state index contributed by atoms with van der Waals surface area (Å²) in [6, 6.07) is 7.35. The summed E-state index contributed by atoms with van der Waals surface area (Å²) in [5.41, 5.74) is 1.79. The Bertz CT molecular complexity index is 458. The highest BCUT2D eigenvalue weighted by Gasteiger charge is 2.08. The van der Waals surface area contributed by atoms with Crippen LogP contribution in [0.15, 0.2) is 24.3 Å². The Kier molecular flexibility index (Phi) is 4.16. The topological polar surface area (TPSA) is 58.2 Å². The molecule has 0 saturated heterocycles. The largest absolute Gasteiger partial charge is 0.308 e. The van der Waals surface area contributed by atoms with Crippen molar-refractivity contribution in [3.05, 3.63) is 29.8 Å². The Morgan fingerprint density at radius 1 is 1.12 bits per heavy atom. The van der Waals surface area contributed by atoms with Gasteiger partial charge >= 0.3 is 0 Å². The molecule has 0 spiro atoms. The summed E-state index contributed by atoms with van der Waals surface area (Å²) in [7, 11) is -3.19. The summed E-state index contributed by atoms with van der Waals surface area (Å²) < 4.78 is 24.5. The van der Waals surface area contributed by atoms with Crippen LogP contribution in [-0.2, 0) is 16.6 Å². The van der Waals surface area contributed by atoms with Gasteiger partial charge in [-0.3, -0.25) is 4.72 Å². The van der Waals surface area contributed by atoms with E-state index in [9.17, 15) is 8.42 Å². The van der Waals surface area contributed by atoms with Crippen LogP contribution in [0.4, 0.5) is 5.69 Å². The van der Waals surface area contributed by atoms with Crippen LogP contribution in [0.3, 0.4) is 0 Å². The standard InChI is InChI=1S/C12H20N2O2S/c1-12(2,3)13-9-10-5-7-11(8-6-10)14-17(4,15)16/h5-8,13-14H,9H2,1-4H3. The van der Waals surface area contributed by atoms with Gasteiger partial charge < -0.3 is 5.32 Å². The first kappa shape index (κ1) is 14.0. The molecule has 5 heteroatoms. The maximum absolute atomic E-state index is 11.0. The monoisotopic (exact) mass is 256 g/mol. The molecule has 4 nitrogen and oxygen atoms in total. The molecule has 0 atom stereocenters. The molecule has 0 aliphatic carbocycles. The van der Waals surface area contributed by atoms with Crippen molar-refractivity contribution in [3.63, 3.8) is 0 Å². The molecule has 0 aliphatic rings. The normalized spacial score (nSPS) is 12.5. The number of nitrogens with one attached hydrogen (secondary N) is 2. The molecule has 0 heterocycles. The van der Waals surface area contributed by atoms with Crippen molar-refractivity contribution in [3.8, 4) is 0 Å². The summed E-state index contributed by atoms with van der Waals surface area (Å²) in [4.78, 5) is 0. The molecule has 0 aliphatic heterocycles. The summed E-state index contributed by atoms with van der Waals surface area (Å²) in [6.07, 6.45) is 1.14. The molecular formula is C12H20N2O2S. The predicted octanol–water partition coefficient (Wildman–Crippen LogP) is 1.95. The molecule has 96 valence electrons. The Labute approximate surface area is 103 Å². The van der Waals surface area contributed by atoms with Gasteiger partial charge in [0.1, 0.15) is 0 Å². The van der Waals surface area contributed by atoms with Crippen LogP contribution >= 0.6 is 0 Å². The van der Waals surface area contributed by atoms with Crippen LogP contribution in [0.2, 0.25) is 0 Å². The lowest BCUT2D eigenvalue weighted by atomic mass is 10.1. The van der Waals surface area contributed by atoms with Crippen molar-refractivity contribution in [1.82, 2.24) is 5.32 Å². The Morgan fingerprint density at radius 3 is 2.06 bits per heavy atom. The van der Waals surface area contributed by atoms with E-state index in [4.69, 9.17) is 0 Å². The van der Waals surface area contributed by atoms with Crippen molar-refractivity contribution < 1.29 is 8.42 Å². The van der Waals surface area contributed by atoms with Crippen LogP contribution in [-0.4, -0.2) is 20.2 Å². The molecule has 0 bridgehead atoms. The van der Waals surface area contributed by atoms with E-state index in [0.717, 1.165) is 18.4 Å². The zero-order valence-electron chi connectivity index (χ0n) is 10.7. The number of rotatable bonds is 4. The summed E-state index contributed by atoms with van der Waals surface area (Å²) in [5, 5.41) is 3.37. The van der Waals surface area contributed by atoms with E-state index in [1.165, 1.54) is 0 Å². The first-order chi connectivity index (χ1) is 7.66. The summed E-state index contributed by atoms with van der Waals surface area (Å²) in [6.45, 7) is 7.08. The minimum absolute atomic E-state index is 0.0731. The molecule has 0 unspecified atom stereocenters. The molecule has 0 aromatic heterocycles. The van der Waals surface area contributed by atoms with Gasteiger partial charge in [-0.05, 0) is 38.5 Å². The van der Waals surface area contributed by atoms with Gasteiger partial charge in [0.25, 0.3) is 0 Å². The van der Waals surface area contributed by atoms with Gasteiger partial charge in [-0.15, -0.1) is 0 Å². The van der Waals surface area contributed by atoms with E-state index in [2.05, 4.69) is 30.8 Å². The van der Waals surface area contributed by atoms with E-state index >= 15 is 0 Å². The quantitative estimate of drug-likeness (QED) is 0.865. The zero-order chi connectivity index (χ0) is 13.1. The van der Waals surface area contributed by atoms with Gasteiger partial charge in [-0.25, -0.2) is 8.42 Å². The van der Waals surface area contributed by atoms with E-state index < -0.39 is 10.0 Å². The van der Waals surface area contributed by atoms with Crippen LogP contribution in [0.25, 0.3) is 0 Å². The number of hydrogen-bond acceptors (Lipinski definition) is 3. The summed E-state index contributed by atoms with van der Waals surface area (Å²) in [5.74, 6) is 0. The number of sulfonamides is 1. The third-order valence-corrected chi connectivity index (χ3v) is 2.69. The van der Waals surface area contributed by atoms with Crippen molar-refractivity contribution in [2.24, 2.45) is 0 Å². The Hall–Kier alpha value is -1.07. The van der Waals surface area contributed by atoms with Crippen molar-refractivity contribution >= 4 is 15.7 Å². The maximum Gasteiger partial charge on any atom is 0.229 e. The van der Waals surface area contributed by atoms with Gasteiger partial charge in [0, 0.05) is 17.8 Å². The fraction of sp³-hybridized carbons (Fsp3) is 0.500. The third kappa shape index (κ3) is 6.28. The first-order valence-electron chi connectivity index (χ1n) is 5.47. The minimum Gasteiger partial charge on any atom is -0.308 e. The molecule has 0 amide bonds. The summed E-state index contributed by atoms with van der Waals surface area (Å²) >= 11 is 0. The lowest BCUT2D eigenvalue weighted by molar-refractivity contribution is 0.424. The lowest BCUT2D eigenvalue weighted by Crippen LogP contribution is -2.35. The molecular weight excluding hydrogens is 236 g/mol. The van der Waals surface area contributed by atoms with Gasteiger partial charge in [0.05, 0.1) is 6.26 Å². The molecule has 0 radical (unpaired) electrons. The zero-order valence-corrected chi connectivity index (χ0v) is 11.6. The van der Waals surface area contributed by atoms with Gasteiger partial charge in [-0.2, -0.15) is 0 Å². The molecule has 0 fully saturated rings. The average Bonchev–Trinajstić information content (AvgIpc) is 2.13. The number of benzene rings is 1. The highest BCUT2D eigenvalue weighted by atomic mass is 32.2. The van der Waals surface area contributed by atoms with Crippen LogP contribution in [0.1, 0.15) is 26.3 Å². The average molecular weight is 256 g/mol. The highest BCUT2D eigenvalue weighted by Crippen LogP contribution is 2.11. The molecule has 1 rings (SSSR count). The third-order valence-electron chi connectivity index (χ3n) is 2.08. The molecule has 17 heavy (non-hydrogen) atoms. The van der Waals surface area contributed by atoms with E-state index in [1.54, 1.807) is 12.1 Å². The maximum atomic E-state index is 11.0. The second kappa shape index (κ2) is 5.06. The second-order valence-electron chi connectivity index (χ2n) is 5.17. The highest BCUT2D eigenvalue weighted by molar-refractivity contribution is 7.92. The lowest BCUT2D eigenvalue weighted by Gasteiger charge is -2.20. The van der Waals surface area contributed by atoms with E-state index in [-0.39, 0.29) is 5.54 Å². The minimum atomic E-state index is -3.19. The SMILES string of the molecule is CC(C)(C)NCc1ccc(NS(C)(=O)=O)cc1. The van der Waals surface area contributed by atoms with Crippen molar-refractivity contribution in [2.75, 3.05) is 11.0 Å². The second-order valence-corrected chi connectivity index (χ2v) is 6.92. The Morgan fingerprint density at radius 2 is 1.65 bits per heavy atom. The van der Waals surface area contributed by atoms with Crippen molar-refractivity contribution in [2.45, 2.75) is 32.9 Å². The first-order valence-corrected chi connectivity index (χ1v) is 7.37. The predicted molar refractivity (Wildman–Crippen MR) is 71.5 cm³/mol. The fourth-order valence-corrected chi connectivity index (χ4v) is 1.84. The van der Waals surface area contributed by atoms with Crippen molar-refractivity contribution in [1.29, 1.82) is 0 Å². The number of hydrogen-bond donors (Lipinski definition) is 2. The van der Waals surface area contributed by atoms with Crippen LogP contribution < -0.4 is 10.0 Å². The molecule has 1 aromatic carbocycles. The van der Waals surface area contributed by atoms with E-state index in [0.29, 0.717) is 5.69 Å². The van der Waals surface area contributed by atoms with Crippen LogP contribution in [0, 0.1) is 0 Å². The molecule has 0 saturated carbocycles. The Balaban J connectivity index is 2.63. The molecule has 2 N–H and O–H groups in total. The van der Waals surface area contributed by atoms with Gasteiger partial charge in [-0.1, -0.05) is 12.1 Å². The number of anilines is 1. The van der Waals surface area contributed by atoms with Gasteiger partial charge in [0.15, 0.2) is 0 Å².